The van der Waals surface area contributed by atoms with Crippen molar-refractivity contribution >= 4 is 23.6 Å². The van der Waals surface area contributed by atoms with E-state index in [1.165, 1.54) is 11.8 Å². The molecular weight excluding hydrogens is 456 g/mol. The predicted molar refractivity (Wildman–Crippen MR) is 140 cm³/mol. The normalized spacial score (nSPS) is 19.7. The van der Waals surface area contributed by atoms with E-state index in [1.54, 1.807) is 0 Å². The molecule has 3 aromatic carbocycles. The average molecular weight is 489 g/mol. The van der Waals surface area contributed by atoms with Crippen molar-refractivity contribution in [2.75, 3.05) is 6.54 Å². The molecule has 2 amide bonds. The fourth-order valence-corrected chi connectivity index (χ4v) is 6.01. The Bertz CT molecular complexity index is 1150. The number of benzene rings is 3. The van der Waals surface area contributed by atoms with Crippen LogP contribution >= 0.6 is 11.8 Å². The number of aliphatic hydroxyl groups excluding tert-OH is 1. The number of carbonyl (C=O) groups excluding carboxylic acids is 2. The molecule has 0 aromatic heterocycles. The second-order valence-corrected chi connectivity index (χ2v) is 10.5. The van der Waals surface area contributed by atoms with Gasteiger partial charge in [0.15, 0.2) is 0 Å². The molecule has 6 heteroatoms. The zero-order valence-electron chi connectivity index (χ0n) is 20.2. The van der Waals surface area contributed by atoms with Gasteiger partial charge in [0.05, 0.1) is 19.1 Å². The van der Waals surface area contributed by atoms with E-state index in [0.29, 0.717) is 13.1 Å². The molecule has 182 valence electrons. The van der Waals surface area contributed by atoms with Crippen LogP contribution in [-0.4, -0.2) is 33.1 Å². The quantitative estimate of drug-likeness (QED) is 0.444. The van der Waals surface area contributed by atoms with E-state index in [2.05, 4.69) is 5.32 Å². The molecule has 4 rings (SSSR count). The van der Waals surface area contributed by atoms with Crippen LogP contribution in [0.1, 0.15) is 48.1 Å². The maximum Gasteiger partial charge on any atom is 0.239 e. The highest BCUT2D eigenvalue weighted by molar-refractivity contribution is 8.01. The van der Waals surface area contributed by atoms with Gasteiger partial charge in [-0.2, -0.15) is 0 Å². The molecule has 5 nitrogen and oxygen atoms in total. The minimum atomic E-state index is -1.03. The zero-order chi connectivity index (χ0) is 24.8. The van der Waals surface area contributed by atoms with Gasteiger partial charge in [-0.3, -0.25) is 9.59 Å². The van der Waals surface area contributed by atoms with E-state index in [9.17, 15) is 14.7 Å². The number of amides is 2. The number of thioether (sulfide) groups is 1. The molecule has 1 heterocycles. The number of nitrogens with zero attached hydrogens (tertiary/aromatic N) is 1. The summed E-state index contributed by atoms with van der Waals surface area (Å²) in [5.41, 5.74) is 3.83. The summed E-state index contributed by atoms with van der Waals surface area (Å²) in [5, 5.41) is 12.7. The highest BCUT2D eigenvalue weighted by atomic mass is 32.2. The summed E-state index contributed by atoms with van der Waals surface area (Å²) >= 11 is 1.47. The van der Waals surface area contributed by atoms with Gasteiger partial charge >= 0.3 is 0 Å². The van der Waals surface area contributed by atoms with E-state index in [0.717, 1.165) is 33.6 Å². The molecule has 3 aromatic rings. The van der Waals surface area contributed by atoms with E-state index < -0.39 is 10.8 Å². The van der Waals surface area contributed by atoms with Gasteiger partial charge in [0.25, 0.3) is 0 Å². The predicted octanol–water partition coefficient (Wildman–Crippen LogP) is 5.02. The van der Waals surface area contributed by atoms with Gasteiger partial charge in [-0.1, -0.05) is 79.2 Å². The maximum atomic E-state index is 13.9. The van der Waals surface area contributed by atoms with Crippen LogP contribution in [0.25, 0.3) is 0 Å². The highest BCUT2D eigenvalue weighted by Gasteiger charge is 2.57. The van der Waals surface area contributed by atoms with Crippen molar-refractivity contribution in [2.24, 2.45) is 0 Å². The summed E-state index contributed by atoms with van der Waals surface area (Å²) < 4.78 is -1.03. The van der Waals surface area contributed by atoms with Gasteiger partial charge in [-0.15, -0.1) is 11.8 Å². The second kappa shape index (κ2) is 11.1. The minimum Gasteiger partial charge on any atom is -0.392 e. The van der Waals surface area contributed by atoms with Gasteiger partial charge in [-0.25, -0.2) is 0 Å². The van der Waals surface area contributed by atoms with Gasteiger partial charge < -0.3 is 15.3 Å². The standard InChI is InChI=1S/C29H32N2O3S/c1-3-17-30-28(34)29(35-25-15-9-21(2)10-16-25)18-26(33)31(19-22-7-5-4-6-8-22)27(29)24-13-11-23(20-32)12-14-24/h4-16,27,32H,3,17-20H2,1-2H3,(H,30,34)/t27-,29-/m1/s1. The summed E-state index contributed by atoms with van der Waals surface area (Å²) in [6.45, 7) is 4.97. The number of aliphatic hydroxyl groups is 1. The zero-order valence-corrected chi connectivity index (χ0v) is 21.1. The summed E-state index contributed by atoms with van der Waals surface area (Å²) in [7, 11) is 0. The fraction of sp³-hybridized carbons (Fsp3) is 0.310. The SMILES string of the molecule is CCCNC(=O)[C@@]1(Sc2ccc(C)cc2)CC(=O)N(Cc2ccccc2)[C@@H]1c1ccc(CO)cc1. The van der Waals surface area contributed by atoms with Crippen LogP contribution in [-0.2, 0) is 22.7 Å². The summed E-state index contributed by atoms with van der Waals surface area (Å²) in [4.78, 5) is 30.3. The van der Waals surface area contributed by atoms with E-state index in [4.69, 9.17) is 0 Å². The smallest absolute Gasteiger partial charge is 0.239 e. The maximum absolute atomic E-state index is 13.9. The lowest BCUT2D eigenvalue weighted by atomic mass is 9.90. The average Bonchev–Trinajstić information content (AvgIpc) is 3.16. The van der Waals surface area contributed by atoms with Crippen molar-refractivity contribution in [1.29, 1.82) is 0 Å². The van der Waals surface area contributed by atoms with Crippen molar-refractivity contribution in [3.63, 3.8) is 0 Å². The molecular formula is C29H32N2O3S. The Morgan fingerprint density at radius 3 is 2.34 bits per heavy atom. The monoisotopic (exact) mass is 488 g/mol. The molecule has 0 spiro atoms. The Labute approximate surface area is 211 Å². The molecule has 35 heavy (non-hydrogen) atoms. The third-order valence-electron chi connectivity index (χ3n) is 6.40. The topological polar surface area (TPSA) is 69.6 Å². The van der Waals surface area contributed by atoms with Crippen molar-refractivity contribution in [2.45, 2.75) is 55.5 Å². The third-order valence-corrected chi connectivity index (χ3v) is 7.83. The van der Waals surface area contributed by atoms with Crippen molar-refractivity contribution < 1.29 is 14.7 Å². The van der Waals surface area contributed by atoms with Gasteiger partial charge in [0.1, 0.15) is 4.75 Å². The van der Waals surface area contributed by atoms with Gasteiger partial charge in [0.2, 0.25) is 11.8 Å². The number of hydrogen-bond donors (Lipinski definition) is 2. The largest absolute Gasteiger partial charge is 0.392 e. The van der Waals surface area contributed by atoms with Gasteiger partial charge in [-0.05, 0) is 42.2 Å². The third kappa shape index (κ3) is 5.44. The Morgan fingerprint density at radius 1 is 1.03 bits per heavy atom. The molecule has 1 aliphatic rings. The Balaban J connectivity index is 1.83. The first-order chi connectivity index (χ1) is 17.0. The molecule has 1 saturated heterocycles. The summed E-state index contributed by atoms with van der Waals surface area (Å²) in [6, 6.07) is 25.1. The molecule has 0 radical (unpaired) electrons. The van der Waals surface area contributed by atoms with Gasteiger partial charge in [0, 0.05) is 18.0 Å². The van der Waals surface area contributed by atoms with Crippen LogP contribution in [0.2, 0.25) is 0 Å². The lowest BCUT2D eigenvalue weighted by Gasteiger charge is -2.37. The molecule has 1 fully saturated rings. The molecule has 0 unspecified atom stereocenters. The molecule has 0 saturated carbocycles. The van der Waals surface area contributed by atoms with E-state index in [1.807, 2.05) is 97.6 Å². The number of likely N-dealkylation sites (tertiary alicyclic amines) is 1. The minimum absolute atomic E-state index is 0.0450. The Hall–Kier alpha value is -3.09. The van der Waals surface area contributed by atoms with Crippen molar-refractivity contribution in [3.05, 3.63) is 101 Å². The number of aryl methyl sites for hydroxylation is 1. The number of hydrogen-bond acceptors (Lipinski definition) is 4. The van der Waals surface area contributed by atoms with Crippen molar-refractivity contribution in [3.8, 4) is 0 Å². The number of carbonyl (C=O) groups is 2. The first-order valence-corrected chi connectivity index (χ1v) is 12.9. The first kappa shape index (κ1) is 25.0. The molecule has 1 aliphatic heterocycles. The van der Waals surface area contributed by atoms with Crippen LogP contribution in [0.5, 0.6) is 0 Å². The molecule has 0 aliphatic carbocycles. The van der Waals surface area contributed by atoms with Crippen molar-refractivity contribution in [1.82, 2.24) is 10.2 Å². The lowest BCUT2D eigenvalue weighted by Crippen LogP contribution is -2.48. The van der Waals surface area contributed by atoms with Crippen LogP contribution < -0.4 is 5.32 Å². The second-order valence-electron chi connectivity index (χ2n) is 9.05. The van der Waals surface area contributed by atoms with E-state index >= 15 is 0 Å². The number of nitrogens with one attached hydrogen (secondary N) is 1. The Morgan fingerprint density at radius 2 is 1.71 bits per heavy atom. The Kier molecular flexibility index (Phi) is 7.93. The van der Waals surface area contributed by atoms with E-state index in [-0.39, 0.29) is 24.8 Å². The van der Waals surface area contributed by atoms with Crippen LogP contribution in [0.3, 0.4) is 0 Å². The molecule has 2 N–H and O–H groups in total. The van der Waals surface area contributed by atoms with Crippen LogP contribution in [0.4, 0.5) is 0 Å². The highest BCUT2D eigenvalue weighted by Crippen LogP contribution is 2.53. The summed E-state index contributed by atoms with van der Waals surface area (Å²) in [5.74, 6) is -0.165. The first-order valence-electron chi connectivity index (χ1n) is 12.0. The summed E-state index contributed by atoms with van der Waals surface area (Å²) in [6.07, 6.45) is 0.925. The van der Waals surface area contributed by atoms with Crippen LogP contribution in [0, 0.1) is 6.92 Å². The number of rotatable bonds is 9. The fourth-order valence-electron chi connectivity index (χ4n) is 4.58. The van der Waals surface area contributed by atoms with Crippen LogP contribution in [0.15, 0.2) is 83.8 Å². The molecule has 0 bridgehead atoms. The lowest BCUT2D eigenvalue weighted by molar-refractivity contribution is -0.129. The molecule has 2 atom stereocenters.